The first kappa shape index (κ1) is 38.2. The second-order valence-electron chi connectivity index (χ2n) is 14.5. The zero-order chi connectivity index (χ0) is 39.0. The van der Waals surface area contributed by atoms with E-state index in [-0.39, 0.29) is 59.5 Å². The number of likely N-dealkylation sites (tertiary alicyclic amines) is 1. The van der Waals surface area contributed by atoms with Crippen LogP contribution in [-0.4, -0.2) is 94.0 Å². The summed E-state index contributed by atoms with van der Waals surface area (Å²) in [5.41, 5.74) is 2.87. The van der Waals surface area contributed by atoms with Gasteiger partial charge in [-0.1, -0.05) is 23.7 Å². The fourth-order valence-electron chi connectivity index (χ4n) is 7.88. The summed E-state index contributed by atoms with van der Waals surface area (Å²) >= 11 is 6.66. The molecule has 55 heavy (non-hydrogen) atoms. The van der Waals surface area contributed by atoms with E-state index in [1.54, 1.807) is 31.4 Å². The number of amides is 3. The molecule has 0 radical (unpaired) electrons. The van der Waals surface area contributed by atoms with Crippen molar-refractivity contribution in [1.29, 1.82) is 0 Å². The van der Waals surface area contributed by atoms with Crippen LogP contribution in [0, 0.1) is 5.92 Å². The van der Waals surface area contributed by atoms with Crippen LogP contribution in [0.4, 0.5) is 24.5 Å². The van der Waals surface area contributed by atoms with Crippen LogP contribution in [0.15, 0.2) is 53.6 Å². The van der Waals surface area contributed by atoms with Crippen LogP contribution in [0.5, 0.6) is 5.75 Å². The van der Waals surface area contributed by atoms with Gasteiger partial charge in [0.25, 0.3) is 5.56 Å². The number of hydrogen-bond acceptors (Lipinski definition) is 9. The number of aryl methyl sites for hydroxylation is 1. The monoisotopic (exact) mass is 782 g/mol. The lowest BCUT2D eigenvalue weighted by atomic mass is 9.93. The number of H-pyrrole nitrogens is 1. The van der Waals surface area contributed by atoms with Crippen molar-refractivity contribution in [1.82, 2.24) is 29.9 Å². The number of alkyl halides is 3. The average Bonchev–Trinajstić information content (AvgIpc) is 3.65. The second-order valence-corrected chi connectivity index (χ2v) is 14.9. The molecule has 3 fully saturated rings. The normalized spacial score (nSPS) is 19.1. The lowest BCUT2D eigenvalue weighted by molar-refractivity contribution is -0.275. The van der Waals surface area contributed by atoms with Gasteiger partial charge in [-0.3, -0.25) is 34.5 Å². The predicted molar refractivity (Wildman–Crippen MR) is 201 cm³/mol. The summed E-state index contributed by atoms with van der Waals surface area (Å²) in [5.74, 6) is -0.983. The third-order valence-electron chi connectivity index (χ3n) is 10.9. The van der Waals surface area contributed by atoms with Crippen LogP contribution in [0.3, 0.4) is 0 Å². The summed E-state index contributed by atoms with van der Waals surface area (Å²) in [7, 11) is 3.40. The van der Waals surface area contributed by atoms with Crippen molar-refractivity contribution in [2.75, 3.05) is 43.4 Å². The Balaban J connectivity index is 0.930. The summed E-state index contributed by atoms with van der Waals surface area (Å²) in [4.78, 5) is 55.8. The standard InChI is InChI=1S/C38H42ClF3N8O5/c1-47-21-28(27-19-43-46-34(27)37(47)54)23-3-4-24(32(17-23)55-38(40,41)42)20-49-13-11-26(12-14-49)48(2)36(53)22-9-15-50(16-10-22)31-7-5-25(18-29(31)39)44-30-6-8-33(51)45-35(30)52/h3-5,7,17-19,21-22,26,30,44H,6,8-16,20H2,1-2H3,(H,43,46)(H,45,51,52). The van der Waals surface area contributed by atoms with Gasteiger partial charge in [0, 0.05) is 93.6 Å². The summed E-state index contributed by atoms with van der Waals surface area (Å²) < 4.78 is 46.6. The van der Waals surface area contributed by atoms with E-state index in [4.69, 9.17) is 11.6 Å². The Labute approximate surface area is 319 Å². The molecule has 0 bridgehead atoms. The number of anilines is 2. The number of aromatic nitrogens is 3. The van der Waals surface area contributed by atoms with E-state index in [1.807, 2.05) is 24.1 Å². The smallest absolute Gasteiger partial charge is 0.405 e. The molecular weight excluding hydrogens is 741 g/mol. The Morgan fingerprint density at radius 1 is 1.04 bits per heavy atom. The highest BCUT2D eigenvalue weighted by Crippen LogP contribution is 2.36. The lowest BCUT2D eigenvalue weighted by Crippen LogP contribution is -2.48. The fourth-order valence-corrected chi connectivity index (χ4v) is 8.18. The van der Waals surface area contributed by atoms with Gasteiger partial charge in [-0.25, -0.2) is 0 Å². The van der Waals surface area contributed by atoms with Crippen molar-refractivity contribution in [3.05, 3.63) is 69.7 Å². The minimum Gasteiger partial charge on any atom is -0.405 e. The van der Waals surface area contributed by atoms with Crippen molar-refractivity contribution in [2.24, 2.45) is 13.0 Å². The molecule has 1 unspecified atom stereocenters. The first-order chi connectivity index (χ1) is 26.2. The number of benzene rings is 2. The van der Waals surface area contributed by atoms with E-state index >= 15 is 0 Å². The highest BCUT2D eigenvalue weighted by Gasteiger charge is 2.35. The number of nitrogens with one attached hydrogen (secondary N) is 3. The maximum atomic E-state index is 13.6. The van der Waals surface area contributed by atoms with Gasteiger partial charge in [0.15, 0.2) is 0 Å². The highest BCUT2D eigenvalue weighted by molar-refractivity contribution is 6.33. The summed E-state index contributed by atoms with van der Waals surface area (Å²) in [6.07, 6.45) is 1.52. The zero-order valence-corrected chi connectivity index (χ0v) is 31.2. The maximum absolute atomic E-state index is 13.6. The van der Waals surface area contributed by atoms with Gasteiger partial charge in [0.2, 0.25) is 17.7 Å². The Hall–Kier alpha value is -5.09. The number of hydrogen-bond donors (Lipinski definition) is 3. The first-order valence-electron chi connectivity index (χ1n) is 18.3. The second kappa shape index (κ2) is 15.6. The molecule has 13 nitrogen and oxygen atoms in total. The van der Waals surface area contributed by atoms with E-state index in [2.05, 4.69) is 35.4 Å². The van der Waals surface area contributed by atoms with Gasteiger partial charge in [-0.15, -0.1) is 13.2 Å². The topological polar surface area (TPSA) is 145 Å². The molecule has 292 valence electrons. The van der Waals surface area contributed by atoms with E-state index in [0.29, 0.717) is 91.1 Å². The van der Waals surface area contributed by atoms with Gasteiger partial charge in [0.1, 0.15) is 17.3 Å². The Morgan fingerprint density at radius 3 is 2.47 bits per heavy atom. The summed E-state index contributed by atoms with van der Waals surface area (Å²) in [6.45, 7) is 2.73. The largest absolute Gasteiger partial charge is 0.573 e. The quantitative estimate of drug-likeness (QED) is 0.199. The molecule has 0 spiro atoms. The van der Waals surface area contributed by atoms with Crippen LogP contribution in [0.2, 0.25) is 5.02 Å². The number of carbonyl (C=O) groups is 3. The molecular formula is C38H42ClF3N8O5. The molecule has 17 heteroatoms. The van der Waals surface area contributed by atoms with Crippen molar-refractivity contribution < 1.29 is 32.3 Å². The molecule has 2 aromatic carbocycles. The molecule has 7 rings (SSSR count). The van der Waals surface area contributed by atoms with Gasteiger partial charge >= 0.3 is 6.36 Å². The van der Waals surface area contributed by atoms with Gasteiger partial charge in [-0.2, -0.15) is 5.10 Å². The predicted octanol–water partition coefficient (Wildman–Crippen LogP) is 5.04. The van der Waals surface area contributed by atoms with Crippen molar-refractivity contribution in [3.8, 4) is 16.9 Å². The number of fused-ring (bicyclic) bond motifs is 1. The summed E-state index contributed by atoms with van der Waals surface area (Å²) in [6, 6.07) is 9.73. The molecule has 4 aromatic rings. The van der Waals surface area contributed by atoms with Crippen LogP contribution >= 0.6 is 11.6 Å². The molecule has 3 N–H and O–H groups in total. The third-order valence-corrected chi connectivity index (χ3v) is 11.3. The number of aromatic amines is 1. The molecule has 3 saturated heterocycles. The van der Waals surface area contributed by atoms with E-state index < -0.39 is 12.4 Å². The Morgan fingerprint density at radius 2 is 1.78 bits per heavy atom. The SMILES string of the molecule is CN(C(=O)C1CCN(c2ccc(NC3CCC(=O)NC3=O)cc2Cl)CC1)C1CCN(Cc2ccc(-c3cn(C)c(=O)c4[nH]ncc34)cc2OC(F)(F)F)CC1. The van der Waals surface area contributed by atoms with Gasteiger partial charge in [-0.05, 0) is 61.9 Å². The molecule has 5 heterocycles. The van der Waals surface area contributed by atoms with Crippen LogP contribution in [0.1, 0.15) is 44.1 Å². The number of rotatable bonds is 9. The first-order valence-corrected chi connectivity index (χ1v) is 18.7. The Bertz CT molecular complexity index is 2160. The molecule has 3 aliphatic rings. The number of halogens is 4. The third kappa shape index (κ3) is 8.44. The Kier molecular flexibility index (Phi) is 10.8. The number of ether oxygens (including phenoxy) is 1. The summed E-state index contributed by atoms with van der Waals surface area (Å²) in [5, 5.41) is 13.1. The number of piperidine rings is 3. The molecule has 3 amide bonds. The van der Waals surface area contributed by atoms with E-state index in [1.165, 1.54) is 16.8 Å². The minimum atomic E-state index is -4.90. The number of nitrogens with zero attached hydrogens (tertiary/aromatic N) is 5. The highest BCUT2D eigenvalue weighted by atomic mass is 35.5. The van der Waals surface area contributed by atoms with Crippen molar-refractivity contribution >= 4 is 51.6 Å². The molecule has 1 atom stereocenters. The van der Waals surface area contributed by atoms with Crippen LogP contribution in [0.25, 0.3) is 22.0 Å². The average molecular weight is 783 g/mol. The number of pyridine rings is 1. The van der Waals surface area contributed by atoms with Crippen molar-refractivity contribution in [2.45, 2.75) is 63.5 Å². The maximum Gasteiger partial charge on any atom is 0.573 e. The zero-order valence-electron chi connectivity index (χ0n) is 30.4. The molecule has 0 saturated carbocycles. The molecule has 0 aliphatic carbocycles. The van der Waals surface area contributed by atoms with Crippen LogP contribution < -0.4 is 25.8 Å². The van der Waals surface area contributed by atoms with Crippen molar-refractivity contribution in [3.63, 3.8) is 0 Å². The number of carbonyl (C=O) groups excluding carboxylic acids is 3. The van der Waals surface area contributed by atoms with Gasteiger partial charge < -0.3 is 24.4 Å². The fraction of sp³-hybridized carbons (Fsp3) is 0.447. The lowest BCUT2D eigenvalue weighted by Gasteiger charge is -2.40. The van der Waals surface area contributed by atoms with E-state index in [9.17, 15) is 32.3 Å². The minimum absolute atomic E-state index is 0.0102. The van der Waals surface area contributed by atoms with E-state index in [0.717, 1.165) is 5.69 Å². The molecule has 2 aromatic heterocycles. The number of imide groups is 1. The van der Waals surface area contributed by atoms with Crippen LogP contribution in [-0.2, 0) is 28.0 Å². The molecule has 3 aliphatic heterocycles. The van der Waals surface area contributed by atoms with Gasteiger partial charge in [0.05, 0.1) is 16.9 Å².